The van der Waals surface area contributed by atoms with Crippen molar-refractivity contribution in [3.8, 4) is 0 Å². The lowest BCUT2D eigenvalue weighted by Gasteiger charge is -2.28. The van der Waals surface area contributed by atoms with Gasteiger partial charge in [0, 0.05) is 6.04 Å². The first-order chi connectivity index (χ1) is 7.27. The molecule has 0 aromatic rings. The van der Waals surface area contributed by atoms with Crippen LogP contribution in [0, 0.1) is 5.92 Å². The quantitative estimate of drug-likeness (QED) is 0.764. The summed E-state index contributed by atoms with van der Waals surface area (Å²) >= 11 is 1.96. The number of rotatable bonds is 2. The van der Waals surface area contributed by atoms with E-state index in [-0.39, 0.29) is 12.1 Å². The average molecular weight is 225 g/mol. The lowest BCUT2D eigenvalue weighted by Crippen LogP contribution is -2.46. The Labute approximate surface area is 93.3 Å². The Kier molecular flexibility index (Phi) is 2.16. The van der Waals surface area contributed by atoms with E-state index in [1.807, 2.05) is 16.7 Å². The van der Waals surface area contributed by atoms with E-state index >= 15 is 0 Å². The van der Waals surface area contributed by atoms with Crippen molar-refractivity contribution >= 4 is 23.6 Å². The number of hydrogen-bond donors (Lipinski definition) is 1. The average Bonchev–Trinajstić information content (AvgIpc) is 2.79. The van der Waals surface area contributed by atoms with E-state index in [2.05, 4.69) is 4.99 Å². The Balaban J connectivity index is 1.83. The summed E-state index contributed by atoms with van der Waals surface area (Å²) in [6.45, 7) is 0. The van der Waals surface area contributed by atoms with Crippen molar-refractivity contribution in [2.75, 3.05) is 11.5 Å². The number of carbonyl (C=O) groups is 1. The van der Waals surface area contributed by atoms with Crippen LogP contribution in [0.2, 0.25) is 0 Å². The van der Waals surface area contributed by atoms with Gasteiger partial charge in [0.25, 0.3) is 0 Å². The highest BCUT2D eigenvalue weighted by atomic mass is 32.2. The molecule has 82 valence electrons. The molecule has 2 heterocycles. The third-order valence-corrected chi connectivity index (χ3v) is 4.59. The third-order valence-electron chi connectivity index (χ3n) is 3.40. The first kappa shape index (κ1) is 9.51. The molecule has 0 radical (unpaired) electrons. The minimum Gasteiger partial charge on any atom is -0.385 e. The summed E-state index contributed by atoms with van der Waals surface area (Å²) in [5.41, 5.74) is 5.88. The van der Waals surface area contributed by atoms with Gasteiger partial charge in [0.2, 0.25) is 0 Å². The predicted molar refractivity (Wildman–Crippen MR) is 61.1 cm³/mol. The second-order valence-corrected chi connectivity index (χ2v) is 5.68. The number of nitrogens with two attached hydrogens (primary N) is 1. The Morgan fingerprint density at radius 2 is 2.20 bits per heavy atom. The smallest absolute Gasteiger partial charge is 0.346 e. The first-order valence-electron chi connectivity index (χ1n) is 5.51. The molecule has 3 aliphatic rings. The maximum Gasteiger partial charge on any atom is 0.346 e. The summed E-state index contributed by atoms with van der Waals surface area (Å²) in [7, 11) is 0. The fraction of sp³-hybridized carbons (Fsp3) is 0.800. The molecule has 0 bridgehead atoms. The molecule has 2 fully saturated rings. The predicted octanol–water partition coefficient (Wildman–Crippen LogP) is 1.06. The van der Waals surface area contributed by atoms with Gasteiger partial charge in [-0.2, -0.15) is 16.8 Å². The first-order valence-corrected chi connectivity index (χ1v) is 6.67. The molecule has 2 aliphatic heterocycles. The van der Waals surface area contributed by atoms with Crippen molar-refractivity contribution in [3.05, 3.63) is 0 Å². The molecule has 1 saturated carbocycles. The van der Waals surface area contributed by atoms with Crippen molar-refractivity contribution in [3.63, 3.8) is 0 Å². The highest BCUT2D eigenvalue weighted by Crippen LogP contribution is 2.37. The largest absolute Gasteiger partial charge is 0.385 e. The van der Waals surface area contributed by atoms with E-state index in [4.69, 9.17) is 5.73 Å². The van der Waals surface area contributed by atoms with E-state index in [1.165, 1.54) is 12.2 Å². The number of aliphatic imine (C=N–C) groups is 1. The molecule has 0 spiro atoms. The second kappa shape index (κ2) is 3.40. The van der Waals surface area contributed by atoms with Crippen molar-refractivity contribution in [2.24, 2.45) is 16.6 Å². The van der Waals surface area contributed by atoms with Gasteiger partial charge >= 0.3 is 6.03 Å². The van der Waals surface area contributed by atoms with Gasteiger partial charge in [-0.15, -0.1) is 0 Å². The molecule has 1 saturated heterocycles. The Morgan fingerprint density at radius 1 is 1.40 bits per heavy atom. The maximum absolute atomic E-state index is 11.7. The van der Waals surface area contributed by atoms with Gasteiger partial charge in [-0.05, 0) is 36.7 Å². The van der Waals surface area contributed by atoms with Crippen LogP contribution in [-0.4, -0.2) is 40.4 Å². The Hall–Kier alpha value is -0.710. The van der Waals surface area contributed by atoms with Crippen LogP contribution >= 0.6 is 11.8 Å². The van der Waals surface area contributed by atoms with E-state index in [1.54, 1.807) is 0 Å². The fourth-order valence-corrected chi connectivity index (χ4v) is 3.79. The summed E-state index contributed by atoms with van der Waals surface area (Å²) in [6.07, 6.45) is 3.43. The molecule has 0 aromatic heterocycles. The Bertz CT molecular complexity index is 321. The topological polar surface area (TPSA) is 58.7 Å². The van der Waals surface area contributed by atoms with Crippen LogP contribution in [0.4, 0.5) is 4.79 Å². The minimum atomic E-state index is -0.100. The van der Waals surface area contributed by atoms with Gasteiger partial charge in [-0.1, -0.05) is 0 Å². The zero-order valence-electron chi connectivity index (χ0n) is 8.56. The van der Waals surface area contributed by atoms with Crippen LogP contribution in [-0.2, 0) is 0 Å². The summed E-state index contributed by atoms with van der Waals surface area (Å²) < 4.78 is 0. The van der Waals surface area contributed by atoms with Crippen LogP contribution in [0.5, 0.6) is 0 Å². The minimum absolute atomic E-state index is 0.100. The van der Waals surface area contributed by atoms with Gasteiger partial charge < -0.3 is 10.6 Å². The maximum atomic E-state index is 11.7. The monoisotopic (exact) mass is 225 g/mol. The number of thioether (sulfide) groups is 1. The highest BCUT2D eigenvalue weighted by molar-refractivity contribution is 7.99. The van der Waals surface area contributed by atoms with Crippen molar-refractivity contribution in [1.82, 2.24) is 4.90 Å². The molecule has 1 aliphatic carbocycles. The standard InChI is InChI=1S/C10H15N3OS/c11-9-8(6-3-4-15-5-6)13(7-1-2-7)10(14)12-9/h6-8H,1-5H2,(H2,11,12,14). The van der Waals surface area contributed by atoms with E-state index in [0.29, 0.717) is 17.8 Å². The molecule has 4 nitrogen and oxygen atoms in total. The van der Waals surface area contributed by atoms with Crippen LogP contribution in [0.1, 0.15) is 19.3 Å². The van der Waals surface area contributed by atoms with E-state index in [0.717, 1.165) is 18.6 Å². The number of nitrogens with zero attached hydrogens (tertiary/aromatic N) is 2. The third kappa shape index (κ3) is 1.53. The molecular weight excluding hydrogens is 210 g/mol. The van der Waals surface area contributed by atoms with Gasteiger partial charge in [-0.3, -0.25) is 0 Å². The summed E-state index contributed by atoms with van der Waals surface area (Å²) in [6, 6.07) is 0.440. The second-order valence-electron chi connectivity index (χ2n) is 4.53. The Morgan fingerprint density at radius 3 is 2.80 bits per heavy atom. The van der Waals surface area contributed by atoms with E-state index in [9.17, 15) is 4.79 Å². The van der Waals surface area contributed by atoms with Crippen LogP contribution < -0.4 is 5.73 Å². The van der Waals surface area contributed by atoms with Crippen LogP contribution in [0.3, 0.4) is 0 Å². The summed E-state index contributed by atoms with van der Waals surface area (Å²) in [4.78, 5) is 17.6. The van der Waals surface area contributed by atoms with Gasteiger partial charge in [0.05, 0.1) is 6.04 Å². The normalized spacial score (nSPS) is 36.1. The molecule has 0 aromatic carbocycles. The van der Waals surface area contributed by atoms with Crippen LogP contribution in [0.25, 0.3) is 0 Å². The molecule has 2 unspecified atom stereocenters. The number of hydrogen-bond acceptors (Lipinski definition) is 3. The molecule has 2 N–H and O–H groups in total. The lowest BCUT2D eigenvalue weighted by molar-refractivity contribution is 0.189. The molecular formula is C10H15N3OS. The molecule has 15 heavy (non-hydrogen) atoms. The summed E-state index contributed by atoms with van der Waals surface area (Å²) in [5.74, 6) is 3.41. The zero-order valence-corrected chi connectivity index (χ0v) is 9.37. The zero-order chi connectivity index (χ0) is 10.4. The number of urea groups is 1. The number of amidine groups is 1. The van der Waals surface area contributed by atoms with E-state index < -0.39 is 0 Å². The van der Waals surface area contributed by atoms with Gasteiger partial charge in [-0.25, -0.2) is 4.79 Å². The summed E-state index contributed by atoms with van der Waals surface area (Å²) in [5, 5.41) is 0. The SMILES string of the molecule is NC1=NC(=O)N(C2CC2)C1C1CCSC1. The highest BCUT2D eigenvalue weighted by Gasteiger charge is 2.46. The van der Waals surface area contributed by atoms with Gasteiger partial charge in [0.15, 0.2) is 0 Å². The molecule has 3 rings (SSSR count). The molecule has 2 atom stereocenters. The lowest BCUT2D eigenvalue weighted by atomic mass is 9.97. The molecule has 5 heteroatoms. The molecule has 2 amide bonds. The van der Waals surface area contributed by atoms with Crippen molar-refractivity contribution in [2.45, 2.75) is 31.3 Å². The number of amides is 2. The fourth-order valence-electron chi connectivity index (χ4n) is 2.50. The van der Waals surface area contributed by atoms with Crippen LogP contribution in [0.15, 0.2) is 4.99 Å². The van der Waals surface area contributed by atoms with Gasteiger partial charge in [0.1, 0.15) is 5.84 Å². The van der Waals surface area contributed by atoms with Crippen molar-refractivity contribution < 1.29 is 4.79 Å². The number of carbonyl (C=O) groups excluding carboxylic acids is 1. The van der Waals surface area contributed by atoms with Crippen molar-refractivity contribution in [1.29, 1.82) is 0 Å².